The van der Waals surface area contributed by atoms with Crippen LogP contribution in [0.3, 0.4) is 0 Å². The highest BCUT2D eigenvalue weighted by Crippen LogP contribution is 2.55. The van der Waals surface area contributed by atoms with Gasteiger partial charge in [-0.1, -0.05) is 84.6 Å². The molecule has 0 aromatic rings. The Kier molecular flexibility index (Phi) is 8.33. The van der Waals surface area contributed by atoms with Gasteiger partial charge in [0.15, 0.2) is 0 Å². The molecular formula is C29H50O. The Morgan fingerprint density at radius 3 is 2.57 bits per heavy atom. The van der Waals surface area contributed by atoms with Crippen LogP contribution in [0.2, 0.25) is 0 Å². The lowest BCUT2D eigenvalue weighted by atomic mass is 9.55. The van der Waals surface area contributed by atoms with Crippen LogP contribution in [0.4, 0.5) is 0 Å². The highest BCUT2D eigenvalue weighted by molar-refractivity contribution is 5.25. The topological polar surface area (TPSA) is 20.2 Å². The first-order valence-electron chi connectivity index (χ1n) is 13.3. The predicted octanol–water partition coefficient (Wildman–Crippen LogP) is 8.19. The first kappa shape index (κ1) is 24.1. The van der Waals surface area contributed by atoms with E-state index in [1.807, 2.05) is 0 Å². The number of aliphatic hydroxyl groups excluding tert-OH is 1. The van der Waals surface area contributed by atoms with E-state index in [4.69, 9.17) is 0 Å². The second kappa shape index (κ2) is 10.4. The Morgan fingerprint density at radius 2 is 1.87 bits per heavy atom. The van der Waals surface area contributed by atoms with Crippen LogP contribution >= 0.6 is 0 Å². The van der Waals surface area contributed by atoms with Crippen molar-refractivity contribution in [1.29, 1.82) is 0 Å². The van der Waals surface area contributed by atoms with Gasteiger partial charge in [0.2, 0.25) is 0 Å². The van der Waals surface area contributed by atoms with Crippen molar-refractivity contribution in [3.05, 3.63) is 23.8 Å². The summed E-state index contributed by atoms with van der Waals surface area (Å²) in [5.41, 5.74) is 1.90. The van der Waals surface area contributed by atoms with Crippen molar-refractivity contribution in [2.24, 2.45) is 46.8 Å². The molecule has 1 fully saturated rings. The molecule has 0 amide bonds. The van der Waals surface area contributed by atoms with E-state index in [0.29, 0.717) is 11.3 Å². The summed E-state index contributed by atoms with van der Waals surface area (Å²) in [4.78, 5) is 0. The molecule has 172 valence electrons. The summed E-state index contributed by atoms with van der Waals surface area (Å²) >= 11 is 0. The molecule has 3 rings (SSSR count). The minimum Gasteiger partial charge on any atom is -0.393 e. The van der Waals surface area contributed by atoms with Crippen molar-refractivity contribution >= 4 is 0 Å². The molecule has 8 atom stereocenters. The van der Waals surface area contributed by atoms with Crippen LogP contribution in [0, 0.1) is 46.8 Å². The Labute approximate surface area is 187 Å². The number of fused-ring (bicyclic) bond motifs is 3. The van der Waals surface area contributed by atoms with Gasteiger partial charge in [0, 0.05) is 0 Å². The maximum absolute atomic E-state index is 10.2. The number of allylic oxidation sites excluding steroid dienone is 3. The Balaban J connectivity index is 1.67. The van der Waals surface area contributed by atoms with Crippen LogP contribution in [0.15, 0.2) is 23.8 Å². The summed E-state index contributed by atoms with van der Waals surface area (Å²) < 4.78 is 0. The molecule has 0 unspecified atom stereocenters. The molecule has 30 heavy (non-hydrogen) atoms. The van der Waals surface area contributed by atoms with Crippen molar-refractivity contribution in [3.63, 3.8) is 0 Å². The predicted molar refractivity (Wildman–Crippen MR) is 130 cm³/mol. The van der Waals surface area contributed by atoms with Crippen molar-refractivity contribution < 1.29 is 5.11 Å². The minimum atomic E-state index is -0.102. The smallest absolute Gasteiger partial charge is 0.0577 e. The lowest BCUT2D eigenvalue weighted by Crippen LogP contribution is -2.41. The second-order valence-electron chi connectivity index (χ2n) is 11.9. The van der Waals surface area contributed by atoms with Crippen LogP contribution in [0.25, 0.3) is 0 Å². The Hall–Kier alpha value is -0.560. The molecule has 0 saturated heterocycles. The summed E-state index contributed by atoms with van der Waals surface area (Å²) in [5, 5.41) is 10.2. The largest absolute Gasteiger partial charge is 0.393 e. The van der Waals surface area contributed by atoms with E-state index in [1.165, 1.54) is 51.4 Å². The third-order valence-electron chi connectivity index (χ3n) is 9.80. The van der Waals surface area contributed by atoms with E-state index >= 15 is 0 Å². The fraction of sp³-hybridized carbons (Fsp3) is 0.862. The van der Waals surface area contributed by atoms with Crippen LogP contribution in [0.1, 0.15) is 106 Å². The fourth-order valence-corrected chi connectivity index (χ4v) is 7.41. The Morgan fingerprint density at radius 1 is 1.10 bits per heavy atom. The molecule has 1 saturated carbocycles. The summed E-state index contributed by atoms with van der Waals surface area (Å²) in [6.45, 7) is 14.8. The van der Waals surface area contributed by atoms with E-state index in [1.54, 1.807) is 5.57 Å². The summed E-state index contributed by atoms with van der Waals surface area (Å²) in [6, 6.07) is 0. The van der Waals surface area contributed by atoms with Gasteiger partial charge in [-0.2, -0.15) is 0 Å². The van der Waals surface area contributed by atoms with E-state index < -0.39 is 0 Å². The average molecular weight is 415 g/mol. The third-order valence-corrected chi connectivity index (χ3v) is 9.80. The third kappa shape index (κ3) is 5.25. The van der Waals surface area contributed by atoms with Crippen LogP contribution in [-0.4, -0.2) is 11.2 Å². The highest BCUT2D eigenvalue weighted by Gasteiger charge is 2.46. The molecule has 1 nitrogen and oxygen atoms in total. The van der Waals surface area contributed by atoms with Crippen molar-refractivity contribution in [1.82, 2.24) is 0 Å². The van der Waals surface area contributed by atoms with Gasteiger partial charge in [0.25, 0.3) is 0 Å². The van der Waals surface area contributed by atoms with Crippen LogP contribution < -0.4 is 0 Å². The van der Waals surface area contributed by atoms with Crippen LogP contribution in [-0.2, 0) is 0 Å². The molecule has 3 aliphatic carbocycles. The van der Waals surface area contributed by atoms with Crippen molar-refractivity contribution in [2.75, 3.05) is 0 Å². The summed E-state index contributed by atoms with van der Waals surface area (Å²) in [6.07, 6.45) is 20.0. The van der Waals surface area contributed by atoms with E-state index in [-0.39, 0.29) is 6.10 Å². The van der Waals surface area contributed by atoms with E-state index in [0.717, 1.165) is 48.3 Å². The highest BCUT2D eigenvalue weighted by atomic mass is 16.3. The molecule has 0 aromatic heterocycles. The molecule has 1 heteroatoms. The maximum atomic E-state index is 10.2. The standard InChI is InChI=1S/C29H50O/c1-7-23(20(2)3)13-11-21(4)27-10-8-9-24-14-15-25-19-26(30)17-18-29(25,6)28(24)16-12-22(27)5/h8-9,15,20-24,26-28,30H,7,10-14,16-19H2,1-6H3/b9-8+/t21-,22+,23-,24-,26-,27-,28+,29+/m1/s1. The van der Waals surface area contributed by atoms with Crippen LogP contribution in [0.5, 0.6) is 0 Å². The molecule has 0 spiro atoms. The van der Waals surface area contributed by atoms with Crippen molar-refractivity contribution in [3.8, 4) is 0 Å². The zero-order valence-electron chi connectivity index (χ0n) is 20.9. The van der Waals surface area contributed by atoms with Gasteiger partial charge < -0.3 is 5.11 Å². The van der Waals surface area contributed by atoms with Gasteiger partial charge in [0.05, 0.1) is 6.10 Å². The van der Waals surface area contributed by atoms with Gasteiger partial charge in [0.1, 0.15) is 0 Å². The lowest BCUT2D eigenvalue weighted by molar-refractivity contribution is 0.0532. The molecular weight excluding hydrogens is 364 g/mol. The van der Waals surface area contributed by atoms with Gasteiger partial charge in [-0.3, -0.25) is 0 Å². The molecule has 0 aromatic carbocycles. The molecule has 0 radical (unpaired) electrons. The van der Waals surface area contributed by atoms with Gasteiger partial charge in [-0.25, -0.2) is 0 Å². The van der Waals surface area contributed by atoms with Gasteiger partial charge in [-0.05, 0) is 91.8 Å². The Bertz CT molecular complexity index is 601. The van der Waals surface area contributed by atoms with E-state index in [2.05, 4.69) is 59.8 Å². The summed E-state index contributed by atoms with van der Waals surface area (Å²) in [5.74, 6) is 5.66. The van der Waals surface area contributed by atoms with Crippen molar-refractivity contribution in [2.45, 2.75) is 112 Å². The number of rotatable bonds is 6. The van der Waals surface area contributed by atoms with E-state index in [9.17, 15) is 5.11 Å². The SMILES string of the molecule is CC[C@H](CC[C@@H](C)[C@H]1C/C=C/[C@@H]2CC=C3C[C@H](O)CC[C@]3(C)[C@H]2CC[C@@H]1C)C(C)C. The molecule has 0 aliphatic heterocycles. The molecule has 3 aliphatic rings. The second-order valence-corrected chi connectivity index (χ2v) is 11.9. The number of hydrogen-bond donors (Lipinski definition) is 1. The minimum absolute atomic E-state index is 0.102. The lowest BCUT2D eigenvalue weighted by Gasteiger charge is -2.50. The normalized spacial score (nSPS) is 40.3. The average Bonchev–Trinajstić information content (AvgIpc) is 2.78. The maximum Gasteiger partial charge on any atom is 0.0577 e. The molecule has 1 N–H and O–H groups in total. The summed E-state index contributed by atoms with van der Waals surface area (Å²) in [7, 11) is 0. The first-order valence-corrected chi connectivity index (χ1v) is 13.3. The number of aliphatic hydroxyl groups is 1. The fourth-order valence-electron chi connectivity index (χ4n) is 7.41. The first-order chi connectivity index (χ1) is 14.3. The zero-order valence-corrected chi connectivity index (χ0v) is 20.9. The molecule has 0 bridgehead atoms. The number of hydrogen-bond acceptors (Lipinski definition) is 1. The van der Waals surface area contributed by atoms with Gasteiger partial charge >= 0.3 is 0 Å². The molecule has 0 heterocycles. The zero-order chi connectivity index (χ0) is 21.9. The monoisotopic (exact) mass is 414 g/mol. The van der Waals surface area contributed by atoms with Gasteiger partial charge in [-0.15, -0.1) is 0 Å². The quantitative estimate of drug-likeness (QED) is 0.434.